The van der Waals surface area contributed by atoms with Gasteiger partial charge < -0.3 is 14.6 Å². The van der Waals surface area contributed by atoms with Gasteiger partial charge >= 0.3 is 0 Å². The fourth-order valence-electron chi connectivity index (χ4n) is 1.76. The van der Waals surface area contributed by atoms with Crippen molar-refractivity contribution >= 4 is 0 Å². The van der Waals surface area contributed by atoms with Gasteiger partial charge in [-0.25, -0.2) is 0 Å². The minimum absolute atomic E-state index is 0.597. The molecular weight excluding hydrogens is 194 g/mol. The average molecular weight is 211 g/mol. The number of methoxy groups -OCH3 is 1. The summed E-state index contributed by atoms with van der Waals surface area (Å²) in [5.74, 6) is 1.51. The summed E-state index contributed by atoms with van der Waals surface area (Å²) < 4.78 is 10.3. The van der Waals surface area contributed by atoms with E-state index in [1.165, 1.54) is 0 Å². The van der Waals surface area contributed by atoms with Crippen LogP contribution in [0.4, 0.5) is 0 Å². The number of nitrogens with one attached hydrogen (secondary N) is 1. The maximum Gasteiger partial charge on any atom is 0.257 e. The van der Waals surface area contributed by atoms with E-state index < -0.39 is 0 Å². The van der Waals surface area contributed by atoms with Crippen molar-refractivity contribution in [1.29, 1.82) is 0 Å². The minimum Gasteiger partial charge on any atom is -0.479 e. The van der Waals surface area contributed by atoms with Gasteiger partial charge in [-0.2, -0.15) is 0 Å². The second-order valence-electron chi connectivity index (χ2n) is 3.77. The van der Waals surface area contributed by atoms with Crippen molar-refractivity contribution in [2.75, 3.05) is 33.3 Å². The molecule has 0 amide bonds. The molecule has 1 aromatic rings. The predicted octanol–water partition coefficient (Wildman–Crippen LogP) is 0.397. The second kappa shape index (κ2) is 4.63. The highest BCUT2D eigenvalue weighted by Crippen LogP contribution is 2.20. The van der Waals surface area contributed by atoms with Crippen LogP contribution in [0, 0.1) is 6.92 Å². The highest BCUT2D eigenvalue weighted by atomic mass is 16.5. The Labute approximate surface area is 89.4 Å². The molecule has 1 aliphatic rings. The van der Waals surface area contributed by atoms with Crippen LogP contribution in [-0.4, -0.2) is 43.3 Å². The molecule has 2 heterocycles. The first-order chi connectivity index (χ1) is 7.31. The van der Waals surface area contributed by atoms with E-state index in [2.05, 4.69) is 15.4 Å². The lowest BCUT2D eigenvalue weighted by atomic mass is 10.2. The van der Waals surface area contributed by atoms with Gasteiger partial charge in [0.2, 0.25) is 0 Å². The molecule has 5 nitrogen and oxygen atoms in total. The maximum absolute atomic E-state index is 5.25. The molecule has 0 bridgehead atoms. The molecule has 0 spiro atoms. The van der Waals surface area contributed by atoms with E-state index in [4.69, 9.17) is 9.26 Å². The van der Waals surface area contributed by atoms with Crippen molar-refractivity contribution in [2.45, 2.75) is 13.5 Å². The Hall–Kier alpha value is -1.07. The molecule has 0 aromatic carbocycles. The summed E-state index contributed by atoms with van der Waals surface area (Å²) in [4.78, 5) is 2.35. The van der Waals surface area contributed by atoms with Crippen LogP contribution in [0.2, 0.25) is 0 Å². The number of hydrogen-bond donors (Lipinski definition) is 1. The Morgan fingerprint density at radius 1 is 1.47 bits per heavy atom. The van der Waals surface area contributed by atoms with Gasteiger partial charge in [-0.1, -0.05) is 0 Å². The van der Waals surface area contributed by atoms with Crippen LogP contribution in [0.25, 0.3) is 0 Å². The van der Waals surface area contributed by atoms with E-state index >= 15 is 0 Å². The highest BCUT2D eigenvalue weighted by molar-refractivity contribution is 5.26. The smallest absolute Gasteiger partial charge is 0.257 e. The Balaban J connectivity index is 2.00. The summed E-state index contributed by atoms with van der Waals surface area (Å²) in [6.45, 7) is 7.01. The second-order valence-corrected chi connectivity index (χ2v) is 3.77. The van der Waals surface area contributed by atoms with Crippen LogP contribution < -0.4 is 10.1 Å². The summed E-state index contributed by atoms with van der Waals surface area (Å²) in [6, 6.07) is 0. The third-order valence-corrected chi connectivity index (χ3v) is 2.75. The van der Waals surface area contributed by atoms with E-state index in [9.17, 15) is 0 Å². The van der Waals surface area contributed by atoms with Crippen LogP contribution in [0.5, 0.6) is 5.88 Å². The Bertz CT molecular complexity index is 318. The van der Waals surface area contributed by atoms with Crippen molar-refractivity contribution in [3.8, 4) is 5.88 Å². The molecule has 1 N–H and O–H groups in total. The van der Waals surface area contributed by atoms with Crippen molar-refractivity contribution in [1.82, 2.24) is 15.4 Å². The van der Waals surface area contributed by atoms with Gasteiger partial charge in [-0.15, -0.1) is 0 Å². The van der Waals surface area contributed by atoms with E-state index in [1.54, 1.807) is 7.11 Å². The topological polar surface area (TPSA) is 50.5 Å². The Morgan fingerprint density at radius 2 is 2.20 bits per heavy atom. The molecule has 1 aliphatic heterocycles. The zero-order valence-corrected chi connectivity index (χ0v) is 9.25. The highest BCUT2D eigenvalue weighted by Gasteiger charge is 2.17. The molecule has 15 heavy (non-hydrogen) atoms. The van der Waals surface area contributed by atoms with Crippen molar-refractivity contribution in [3.05, 3.63) is 11.3 Å². The zero-order valence-electron chi connectivity index (χ0n) is 9.25. The van der Waals surface area contributed by atoms with Gasteiger partial charge in [-0.3, -0.25) is 4.90 Å². The SMILES string of the molecule is COc1noc(CN2CCNCC2)c1C. The number of nitrogens with zero attached hydrogens (tertiary/aromatic N) is 2. The van der Waals surface area contributed by atoms with Crippen LogP contribution in [0.1, 0.15) is 11.3 Å². The van der Waals surface area contributed by atoms with Crippen LogP contribution in [-0.2, 0) is 6.54 Å². The Kier molecular flexibility index (Phi) is 3.23. The molecule has 1 aromatic heterocycles. The predicted molar refractivity (Wildman–Crippen MR) is 55.9 cm³/mol. The first-order valence-electron chi connectivity index (χ1n) is 5.23. The number of hydrogen-bond acceptors (Lipinski definition) is 5. The lowest BCUT2D eigenvalue weighted by Crippen LogP contribution is -2.42. The van der Waals surface area contributed by atoms with Gasteiger partial charge in [-0.05, 0) is 12.1 Å². The van der Waals surface area contributed by atoms with Gasteiger partial charge in [0.1, 0.15) is 0 Å². The van der Waals surface area contributed by atoms with Gasteiger partial charge in [0.25, 0.3) is 5.88 Å². The van der Waals surface area contributed by atoms with E-state index in [0.29, 0.717) is 5.88 Å². The van der Waals surface area contributed by atoms with Gasteiger partial charge in [0.05, 0.1) is 19.2 Å². The van der Waals surface area contributed by atoms with E-state index in [1.807, 2.05) is 6.92 Å². The summed E-state index contributed by atoms with van der Waals surface area (Å²) in [5, 5.41) is 7.18. The molecule has 1 saturated heterocycles. The minimum atomic E-state index is 0.597. The molecule has 1 fully saturated rings. The standard InChI is InChI=1S/C10H17N3O2/c1-8-9(15-12-10(8)14-2)7-13-5-3-11-4-6-13/h11H,3-7H2,1-2H3. The third kappa shape index (κ3) is 2.30. The summed E-state index contributed by atoms with van der Waals surface area (Å²) in [6.07, 6.45) is 0. The Morgan fingerprint density at radius 3 is 2.80 bits per heavy atom. The lowest BCUT2D eigenvalue weighted by Gasteiger charge is -2.26. The normalized spacial score (nSPS) is 18.0. The molecule has 5 heteroatoms. The maximum atomic E-state index is 5.25. The van der Waals surface area contributed by atoms with Gasteiger partial charge in [0.15, 0.2) is 5.76 Å². The van der Waals surface area contributed by atoms with Crippen LogP contribution >= 0.6 is 0 Å². The molecule has 84 valence electrons. The van der Waals surface area contributed by atoms with E-state index in [-0.39, 0.29) is 0 Å². The van der Waals surface area contributed by atoms with Gasteiger partial charge in [0, 0.05) is 26.2 Å². The molecule has 0 saturated carbocycles. The fraction of sp³-hybridized carbons (Fsp3) is 0.700. The fourth-order valence-corrected chi connectivity index (χ4v) is 1.76. The number of ether oxygens (including phenoxy) is 1. The van der Waals surface area contributed by atoms with Crippen molar-refractivity contribution in [3.63, 3.8) is 0 Å². The summed E-state index contributed by atoms with van der Waals surface area (Å²) in [7, 11) is 1.61. The molecule has 2 rings (SSSR count). The number of rotatable bonds is 3. The quantitative estimate of drug-likeness (QED) is 0.784. The first kappa shape index (κ1) is 10.4. The number of piperazine rings is 1. The molecule has 0 aliphatic carbocycles. The summed E-state index contributed by atoms with van der Waals surface area (Å²) in [5.41, 5.74) is 1.01. The third-order valence-electron chi connectivity index (χ3n) is 2.75. The largest absolute Gasteiger partial charge is 0.479 e. The van der Waals surface area contributed by atoms with Crippen molar-refractivity contribution in [2.24, 2.45) is 0 Å². The first-order valence-corrected chi connectivity index (χ1v) is 5.23. The summed E-state index contributed by atoms with van der Waals surface area (Å²) >= 11 is 0. The lowest BCUT2D eigenvalue weighted by molar-refractivity contribution is 0.205. The van der Waals surface area contributed by atoms with Crippen LogP contribution in [0.3, 0.4) is 0 Å². The molecule has 0 radical (unpaired) electrons. The molecular formula is C10H17N3O2. The van der Waals surface area contributed by atoms with Crippen molar-refractivity contribution < 1.29 is 9.26 Å². The zero-order chi connectivity index (χ0) is 10.7. The molecule has 0 unspecified atom stereocenters. The molecule has 0 atom stereocenters. The van der Waals surface area contributed by atoms with E-state index in [0.717, 1.165) is 44.0 Å². The van der Waals surface area contributed by atoms with Crippen LogP contribution in [0.15, 0.2) is 4.52 Å². The monoisotopic (exact) mass is 211 g/mol. The average Bonchev–Trinajstić information content (AvgIpc) is 2.62. The number of aromatic nitrogens is 1.